The highest BCUT2D eigenvalue weighted by atomic mass is 16.4. The van der Waals surface area contributed by atoms with Gasteiger partial charge in [0.2, 0.25) is 0 Å². The summed E-state index contributed by atoms with van der Waals surface area (Å²) in [5.41, 5.74) is 6.79. The molecule has 1 aromatic carbocycles. The van der Waals surface area contributed by atoms with E-state index in [1.165, 1.54) is 5.56 Å². The molecule has 0 amide bonds. The van der Waals surface area contributed by atoms with Crippen LogP contribution in [0.3, 0.4) is 0 Å². The maximum atomic E-state index is 8.44. The normalized spacial score (nSPS) is 13.6. The fourth-order valence-corrected chi connectivity index (χ4v) is 1.71. The Bertz CT molecular complexity index is 338. The highest BCUT2D eigenvalue weighted by molar-refractivity contribution is 5.80. The monoisotopic (exact) mass is 235 g/mol. The Hall–Kier alpha value is -1.55. The molecule has 1 atom stereocenters. The van der Waals surface area contributed by atoms with E-state index in [2.05, 4.69) is 34.7 Å². The third-order valence-corrected chi connectivity index (χ3v) is 2.62. The van der Waals surface area contributed by atoms with Crippen LogP contribution in [0.15, 0.2) is 35.5 Å². The molecule has 4 heteroatoms. The number of aryl methyl sites for hydroxylation is 1. The molecule has 0 aliphatic carbocycles. The summed E-state index contributed by atoms with van der Waals surface area (Å²) in [5, 5.41) is 14.7. The Morgan fingerprint density at radius 3 is 2.76 bits per heavy atom. The van der Waals surface area contributed by atoms with E-state index >= 15 is 0 Å². The second kappa shape index (κ2) is 7.68. The average Bonchev–Trinajstić information content (AvgIpc) is 2.36. The van der Waals surface area contributed by atoms with Crippen LogP contribution in [0.5, 0.6) is 0 Å². The lowest BCUT2D eigenvalue weighted by Crippen LogP contribution is -2.31. The minimum atomic E-state index is 0.238. The number of nitrogens with two attached hydrogens (primary N) is 1. The number of oxime groups is 1. The summed E-state index contributed by atoms with van der Waals surface area (Å²) < 4.78 is 0. The molecule has 0 fully saturated rings. The van der Waals surface area contributed by atoms with E-state index in [1.54, 1.807) is 0 Å². The molecule has 0 aromatic heterocycles. The molecular weight excluding hydrogens is 214 g/mol. The third kappa shape index (κ3) is 5.92. The van der Waals surface area contributed by atoms with Crippen LogP contribution >= 0.6 is 0 Å². The van der Waals surface area contributed by atoms with Crippen LogP contribution in [0.4, 0.5) is 0 Å². The van der Waals surface area contributed by atoms with E-state index in [0.717, 1.165) is 19.4 Å². The van der Waals surface area contributed by atoms with E-state index in [1.807, 2.05) is 13.0 Å². The van der Waals surface area contributed by atoms with Crippen molar-refractivity contribution in [2.45, 2.75) is 32.2 Å². The molecular formula is C13H21N3O. The van der Waals surface area contributed by atoms with Crippen LogP contribution < -0.4 is 11.1 Å². The van der Waals surface area contributed by atoms with Gasteiger partial charge in [-0.15, -0.1) is 0 Å². The van der Waals surface area contributed by atoms with Gasteiger partial charge < -0.3 is 16.3 Å². The predicted octanol–water partition coefficient (Wildman–Crippen LogP) is 1.73. The zero-order valence-corrected chi connectivity index (χ0v) is 10.3. The second-order valence-corrected chi connectivity index (χ2v) is 4.24. The van der Waals surface area contributed by atoms with Gasteiger partial charge in [-0.1, -0.05) is 35.5 Å². The lowest BCUT2D eigenvalue weighted by molar-refractivity contribution is 0.316. The summed E-state index contributed by atoms with van der Waals surface area (Å²) in [5.74, 6) is 0.271. The lowest BCUT2D eigenvalue weighted by atomic mass is 10.1. The summed E-state index contributed by atoms with van der Waals surface area (Å²) in [6, 6.07) is 10.7. The van der Waals surface area contributed by atoms with Gasteiger partial charge in [-0.25, -0.2) is 0 Å². The highest BCUT2D eigenvalue weighted by Gasteiger charge is 2.03. The molecule has 1 rings (SSSR count). The van der Waals surface area contributed by atoms with Gasteiger partial charge in [0, 0.05) is 12.5 Å². The topological polar surface area (TPSA) is 70.6 Å². The molecule has 0 saturated carbocycles. The van der Waals surface area contributed by atoms with Crippen LogP contribution in [0.25, 0.3) is 0 Å². The Morgan fingerprint density at radius 2 is 2.12 bits per heavy atom. The molecule has 0 spiro atoms. The van der Waals surface area contributed by atoms with Crippen molar-refractivity contribution >= 4 is 5.84 Å². The van der Waals surface area contributed by atoms with Crippen LogP contribution in [0.2, 0.25) is 0 Å². The van der Waals surface area contributed by atoms with Crippen LogP contribution in [-0.4, -0.2) is 23.6 Å². The molecule has 94 valence electrons. The Labute approximate surface area is 103 Å². The zero-order valence-electron chi connectivity index (χ0n) is 10.3. The fraction of sp³-hybridized carbons (Fsp3) is 0.462. The first kappa shape index (κ1) is 13.5. The minimum absolute atomic E-state index is 0.238. The molecule has 0 bridgehead atoms. The van der Waals surface area contributed by atoms with Crippen molar-refractivity contribution in [1.82, 2.24) is 5.32 Å². The number of benzene rings is 1. The van der Waals surface area contributed by atoms with Crippen molar-refractivity contribution in [2.75, 3.05) is 6.54 Å². The number of hydrogen-bond donors (Lipinski definition) is 3. The summed E-state index contributed by atoms with van der Waals surface area (Å²) in [7, 11) is 0. The summed E-state index contributed by atoms with van der Waals surface area (Å²) >= 11 is 0. The van der Waals surface area contributed by atoms with Gasteiger partial charge in [0.15, 0.2) is 0 Å². The maximum absolute atomic E-state index is 8.44. The van der Waals surface area contributed by atoms with Crippen molar-refractivity contribution < 1.29 is 5.21 Å². The van der Waals surface area contributed by atoms with Gasteiger partial charge in [-0.2, -0.15) is 0 Å². The largest absolute Gasteiger partial charge is 0.409 e. The molecule has 0 saturated heterocycles. The van der Waals surface area contributed by atoms with Crippen LogP contribution in [-0.2, 0) is 6.42 Å². The zero-order chi connectivity index (χ0) is 12.5. The van der Waals surface area contributed by atoms with E-state index in [0.29, 0.717) is 6.42 Å². The first-order valence-electron chi connectivity index (χ1n) is 5.96. The average molecular weight is 235 g/mol. The van der Waals surface area contributed by atoms with Crippen molar-refractivity contribution in [3.8, 4) is 0 Å². The molecule has 0 radical (unpaired) electrons. The van der Waals surface area contributed by atoms with Gasteiger partial charge in [0.1, 0.15) is 5.84 Å². The number of nitrogens with one attached hydrogen (secondary N) is 1. The predicted molar refractivity (Wildman–Crippen MR) is 70.3 cm³/mol. The smallest absolute Gasteiger partial charge is 0.140 e. The van der Waals surface area contributed by atoms with Gasteiger partial charge in [0.05, 0.1) is 0 Å². The Morgan fingerprint density at radius 1 is 1.41 bits per heavy atom. The van der Waals surface area contributed by atoms with E-state index in [4.69, 9.17) is 10.9 Å². The van der Waals surface area contributed by atoms with Crippen molar-refractivity contribution in [3.63, 3.8) is 0 Å². The molecule has 4 N–H and O–H groups in total. The van der Waals surface area contributed by atoms with Gasteiger partial charge >= 0.3 is 0 Å². The quantitative estimate of drug-likeness (QED) is 0.222. The van der Waals surface area contributed by atoms with Gasteiger partial charge in [-0.05, 0) is 31.9 Å². The number of nitrogens with zero attached hydrogens (tertiary/aromatic N) is 1. The van der Waals surface area contributed by atoms with Crippen molar-refractivity contribution in [3.05, 3.63) is 35.9 Å². The standard InChI is InChI=1S/C13H21N3O/c1-11(10-13(14)16-17)15-9-5-8-12-6-3-2-4-7-12/h2-4,6-7,11,15,17H,5,8-10H2,1H3,(H2,14,16). The van der Waals surface area contributed by atoms with Crippen molar-refractivity contribution in [2.24, 2.45) is 10.9 Å². The molecule has 0 aliphatic rings. The number of hydrogen-bond acceptors (Lipinski definition) is 3. The van der Waals surface area contributed by atoms with Crippen LogP contribution in [0, 0.1) is 0 Å². The molecule has 17 heavy (non-hydrogen) atoms. The molecule has 0 aliphatic heterocycles. The molecule has 4 nitrogen and oxygen atoms in total. The van der Waals surface area contributed by atoms with Crippen LogP contribution in [0.1, 0.15) is 25.3 Å². The summed E-state index contributed by atoms with van der Waals surface area (Å²) in [6.07, 6.45) is 2.73. The minimum Gasteiger partial charge on any atom is -0.409 e. The molecule has 1 unspecified atom stereocenters. The summed E-state index contributed by atoms with van der Waals surface area (Å²) in [6.45, 7) is 2.97. The highest BCUT2D eigenvalue weighted by Crippen LogP contribution is 2.01. The fourth-order valence-electron chi connectivity index (χ4n) is 1.71. The SMILES string of the molecule is CC(CC(N)=NO)NCCCc1ccccc1. The second-order valence-electron chi connectivity index (χ2n) is 4.24. The van der Waals surface area contributed by atoms with E-state index in [-0.39, 0.29) is 11.9 Å². The van der Waals surface area contributed by atoms with Gasteiger partial charge in [0.25, 0.3) is 0 Å². The first-order valence-corrected chi connectivity index (χ1v) is 5.96. The number of amidine groups is 1. The molecule has 0 heterocycles. The first-order chi connectivity index (χ1) is 8.22. The maximum Gasteiger partial charge on any atom is 0.140 e. The Kier molecular flexibility index (Phi) is 6.10. The Balaban J connectivity index is 2.12. The number of rotatable bonds is 7. The van der Waals surface area contributed by atoms with Gasteiger partial charge in [-0.3, -0.25) is 0 Å². The third-order valence-electron chi connectivity index (χ3n) is 2.62. The summed E-state index contributed by atoms with van der Waals surface area (Å²) in [4.78, 5) is 0. The van der Waals surface area contributed by atoms with E-state index < -0.39 is 0 Å². The van der Waals surface area contributed by atoms with Crippen molar-refractivity contribution in [1.29, 1.82) is 0 Å². The molecule has 1 aromatic rings. The lowest BCUT2D eigenvalue weighted by Gasteiger charge is -2.12. The van der Waals surface area contributed by atoms with E-state index in [9.17, 15) is 0 Å².